The van der Waals surface area contributed by atoms with Crippen LogP contribution in [0.3, 0.4) is 0 Å². The summed E-state index contributed by atoms with van der Waals surface area (Å²) in [6.07, 6.45) is 4.13. The van der Waals surface area contributed by atoms with Gasteiger partial charge in [0.05, 0.1) is 11.6 Å². The molecule has 38 heavy (non-hydrogen) atoms. The molecule has 1 aromatic carbocycles. The number of nitrogens with one attached hydrogen (secondary N) is 2. The van der Waals surface area contributed by atoms with Crippen molar-refractivity contribution >= 4 is 52.5 Å². The molecule has 5 rings (SSSR count). The van der Waals surface area contributed by atoms with Crippen molar-refractivity contribution in [2.24, 2.45) is 5.92 Å². The van der Waals surface area contributed by atoms with Crippen molar-refractivity contribution in [1.82, 2.24) is 30.2 Å². The molecule has 2 fully saturated rings. The molecular weight excluding hydrogens is 510 g/mol. The van der Waals surface area contributed by atoms with Gasteiger partial charge in [0.1, 0.15) is 6.61 Å². The molecule has 0 spiro atoms. The van der Waals surface area contributed by atoms with Crippen LogP contribution >= 0.6 is 11.8 Å². The van der Waals surface area contributed by atoms with E-state index < -0.39 is 17.1 Å². The van der Waals surface area contributed by atoms with Crippen LogP contribution < -0.4 is 15.8 Å². The fourth-order valence-corrected chi connectivity index (χ4v) is 5.31. The van der Waals surface area contributed by atoms with E-state index >= 15 is 0 Å². The minimum atomic E-state index is -0.600. The first-order valence-corrected chi connectivity index (χ1v) is 13.4. The van der Waals surface area contributed by atoms with Crippen LogP contribution in [-0.2, 0) is 32.3 Å². The van der Waals surface area contributed by atoms with E-state index in [4.69, 9.17) is 10.5 Å². The predicted molar refractivity (Wildman–Crippen MR) is 138 cm³/mol. The van der Waals surface area contributed by atoms with E-state index in [0.717, 1.165) is 35.3 Å². The number of fused-ring (bicyclic) bond motifs is 1. The van der Waals surface area contributed by atoms with Crippen LogP contribution in [0.25, 0.3) is 11.2 Å². The van der Waals surface area contributed by atoms with Gasteiger partial charge >= 0.3 is 0 Å². The number of hydrogen-bond acceptors (Lipinski definition) is 10. The summed E-state index contributed by atoms with van der Waals surface area (Å²) in [7, 11) is 0. The number of anilines is 1. The molecular formula is C25H27N7O5S. The highest BCUT2D eigenvalue weighted by molar-refractivity contribution is 8.00. The number of benzene rings is 1. The number of carbonyl (C=O) groups excluding carboxylic acids is 4. The summed E-state index contributed by atoms with van der Waals surface area (Å²) >= 11 is 1.25. The molecule has 4 amide bonds. The summed E-state index contributed by atoms with van der Waals surface area (Å²) in [4.78, 5) is 65.4. The van der Waals surface area contributed by atoms with Crippen molar-refractivity contribution in [3.63, 3.8) is 0 Å². The van der Waals surface area contributed by atoms with Gasteiger partial charge in [0.2, 0.25) is 35.5 Å². The molecule has 12 nitrogen and oxygen atoms in total. The predicted octanol–water partition coefficient (Wildman–Crippen LogP) is 1.71. The van der Waals surface area contributed by atoms with Crippen molar-refractivity contribution in [2.75, 3.05) is 11.5 Å². The first kappa shape index (κ1) is 25.6. The summed E-state index contributed by atoms with van der Waals surface area (Å²) in [5.74, 6) is -0.836. The zero-order chi connectivity index (χ0) is 26.6. The summed E-state index contributed by atoms with van der Waals surface area (Å²) < 4.78 is 5.77. The quantitative estimate of drug-likeness (QED) is 0.323. The Hall–Kier alpha value is -4.00. The van der Waals surface area contributed by atoms with Gasteiger partial charge in [-0.05, 0) is 24.0 Å². The minimum Gasteiger partial charge on any atom is -0.471 e. The number of nitrogen functional groups attached to an aromatic ring is 1. The van der Waals surface area contributed by atoms with Crippen molar-refractivity contribution < 1.29 is 23.9 Å². The Kier molecular flexibility index (Phi) is 7.54. The number of aromatic amines is 1. The van der Waals surface area contributed by atoms with Crippen LogP contribution in [0.1, 0.15) is 43.2 Å². The molecule has 1 saturated heterocycles. The SMILES string of the molecule is Nc1nc(OCc2ccc(CNC(=O)CCSC3CC(=O)N(C(=O)C4CCC4)C3=O)cc2)c2nc[nH]c2n1. The van der Waals surface area contributed by atoms with Gasteiger partial charge in [0.15, 0.2) is 11.2 Å². The minimum absolute atomic E-state index is 0.0107. The fraction of sp³-hybridized carbons (Fsp3) is 0.400. The highest BCUT2D eigenvalue weighted by Gasteiger charge is 2.45. The topological polar surface area (TPSA) is 173 Å². The number of aromatic nitrogens is 4. The molecule has 4 N–H and O–H groups in total. The number of hydrogen-bond donors (Lipinski definition) is 3. The molecule has 2 aliphatic rings. The number of nitrogens with zero attached hydrogens (tertiary/aromatic N) is 4. The maximum absolute atomic E-state index is 12.5. The molecule has 0 bridgehead atoms. The van der Waals surface area contributed by atoms with E-state index in [9.17, 15) is 19.2 Å². The van der Waals surface area contributed by atoms with Crippen LogP contribution in [-0.4, -0.2) is 59.5 Å². The maximum atomic E-state index is 12.5. The Morgan fingerprint density at radius 3 is 2.66 bits per heavy atom. The highest BCUT2D eigenvalue weighted by atomic mass is 32.2. The van der Waals surface area contributed by atoms with Crippen molar-refractivity contribution in [2.45, 2.75) is 50.5 Å². The third kappa shape index (κ3) is 5.62. The van der Waals surface area contributed by atoms with Gasteiger partial charge in [-0.3, -0.25) is 19.2 Å². The summed E-state index contributed by atoms with van der Waals surface area (Å²) in [5, 5.41) is 2.26. The summed E-state index contributed by atoms with van der Waals surface area (Å²) in [6.45, 7) is 0.611. The lowest BCUT2D eigenvalue weighted by Crippen LogP contribution is -2.43. The van der Waals surface area contributed by atoms with E-state index in [1.807, 2.05) is 24.3 Å². The van der Waals surface area contributed by atoms with Gasteiger partial charge in [0.25, 0.3) is 0 Å². The van der Waals surface area contributed by atoms with Crippen molar-refractivity contribution in [3.05, 3.63) is 41.7 Å². The molecule has 1 saturated carbocycles. The van der Waals surface area contributed by atoms with Crippen molar-refractivity contribution in [3.8, 4) is 5.88 Å². The molecule has 198 valence electrons. The van der Waals surface area contributed by atoms with E-state index in [1.165, 1.54) is 18.1 Å². The third-order valence-corrected chi connectivity index (χ3v) is 7.79. The Balaban J connectivity index is 1.03. The molecule has 3 heterocycles. The highest BCUT2D eigenvalue weighted by Crippen LogP contribution is 2.32. The largest absolute Gasteiger partial charge is 0.471 e. The Morgan fingerprint density at radius 1 is 1.16 bits per heavy atom. The lowest BCUT2D eigenvalue weighted by atomic mass is 9.84. The van der Waals surface area contributed by atoms with Gasteiger partial charge < -0.3 is 20.8 Å². The Morgan fingerprint density at radius 2 is 1.92 bits per heavy atom. The van der Waals surface area contributed by atoms with Crippen LogP contribution in [0.4, 0.5) is 5.95 Å². The van der Waals surface area contributed by atoms with Gasteiger partial charge in [0, 0.05) is 31.1 Å². The van der Waals surface area contributed by atoms with Crippen LogP contribution in [0.15, 0.2) is 30.6 Å². The zero-order valence-electron chi connectivity index (χ0n) is 20.5. The fourth-order valence-electron chi connectivity index (χ4n) is 4.22. The summed E-state index contributed by atoms with van der Waals surface area (Å²) in [5.41, 5.74) is 8.53. The van der Waals surface area contributed by atoms with Crippen molar-refractivity contribution in [1.29, 1.82) is 0 Å². The molecule has 2 aromatic heterocycles. The number of carbonyl (C=O) groups is 4. The normalized spacial score (nSPS) is 17.6. The number of rotatable bonds is 10. The lowest BCUT2D eigenvalue weighted by molar-refractivity contribution is -0.153. The molecule has 13 heteroatoms. The molecule has 1 aliphatic carbocycles. The second kappa shape index (κ2) is 11.2. The maximum Gasteiger partial charge on any atom is 0.249 e. The second-order valence-electron chi connectivity index (χ2n) is 9.22. The lowest BCUT2D eigenvalue weighted by Gasteiger charge is -2.27. The Labute approximate surface area is 222 Å². The number of thioether (sulfide) groups is 1. The van der Waals surface area contributed by atoms with Crippen LogP contribution in [0.5, 0.6) is 5.88 Å². The van der Waals surface area contributed by atoms with E-state index in [1.54, 1.807) is 0 Å². The number of H-pyrrole nitrogens is 1. The first-order chi connectivity index (χ1) is 18.4. The van der Waals surface area contributed by atoms with Crippen LogP contribution in [0, 0.1) is 5.92 Å². The standard InChI is InChI=1S/C25H27N7O5S/c26-25-30-21-20(28-13-29-21)22(31-25)37-12-15-6-4-14(5-7-15)11-27-18(33)8-9-38-17-10-19(34)32(24(17)36)23(35)16-2-1-3-16/h4-7,13,16-17H,1-3,8-12H2,(H,27,33)(H3,26,28,29,30,31). The van der Waals surface area contributed by atoms with Gasteiger partial charge in [-0.2, -0.15) is 9.97 Å². The zero-order valence-corrected chi connectivity index (χ0v) is 21.3. The van der Waals surface area contributed by atoms with E-state index in [-0.39, 0.29) is 43.1 Å². The van der Waals surface area contributed by atoms with E-state index in [0.29, 0.717) is 29.3 Å². The third-order valence-electron chi connectivity index (χ3n) is 6.58. The molecule has 1 atom stereocenters. The molecule has 1 aliphatic heterocycles. The Bertz CT molecular complexity index is 1370. The van der Waals surface area contributed by atoms with Gasteiger partial charge in [-0.1, -0.05) is 30.7 Å². The molecule has 0 radical (unpaired) electrons. The average molecular weight is 538 g/mol. The number of imide groups is 3. The van der Waals surface area contributed by atoms with Gasteiger partial charge in [-0.15, -0.1) is 11.8 Å². The number of nitrogens with two attached hydrogens (primary N) is 1. The molecule has 3 aromatic rings. The second-order valence-corrected chi connectivity index (χ2v) is 10.5. The van der Waals surface area contributed by atoms with Crippen LogP contribution in [0.2, 0.25) is 0 Å². The number of imidazole rings is 1. The van der Waals surface area contributed by atoms with E-state index in [2.05, 4.69) is 25.3 Å². The molecule has 1 unspecified atom stereocenters. The summed E-state index contributed by atoms with van der Waals surface area (Å²) in [6, 6.07) is 7.57. The number of ether oxygens (including phenoxy) is 1. The number of amides is 4. The average Bonchev–Trinajstić information content (AvgIpc) is 3.44. The first-order valence-electron chi connectivity index (χ1n) is 12.3. The number of likely N-dealkylation sites (tertiary alicyclic amines) is 1. The monoisotopic (exact) mass is 537 g/mol. The smallest absolute Gasteiger partial charge is 0.249 e. The van der Waals surface area contributed by atoms with Gasteiger partial charge in [-0.25, -0.2) is 9.88 Å².